The molecule has 2 aromatic rings. The lowest BCUT2D eigenvalue weighted by molar-refractivity contribution is 0.924. The summed E-state index contributed by atoms with van der Waals surface area (Å²) in [6.07, 6.45) is 0.730. The number of nitrogens with zero attached hydrogens (tertiary/aromatic N) is 1. The number of aryl methyl sites for hydroxylation is 3. The minimum absolute atomic E-state index is 0.0925. The Bertz CT molecular complexity index is 599. The molecule has 3 nitrogen and oxygen atoms in total. The van der Waals surface area contributed by atoms with Crippen LogP contribution in [0.15, 0.2) is 29.1 Å². The van der Waals surface area contributed by atoms with Crippen molar-refractivity contribution in [3.63, 3.8) is 0 Å². The van der Waals surface area contributed by atoms with Crippen molar-refractivity contribution in [2.45, 2.75) is 27.2 Å². The van der Waals surface area contributed by atoms with E-state index in [1.807, 2.05) is 13.0 Å². The molecule has 3 heteroatoms. The van der Waals surface area contributed by atoms with Crippen LogP contribution < -0.4 is 5.56 Å². The lowest BCUT2D eigenvalue weighted by Crippen LogP contribution is -2.10. The van der Waals surface area contributed by atoms with Crippen molar-refractivity contribution >= 4 is 0 Å². The van der Waals surface area contributed by atoms with Crippen LogP contribution in [0.2, 0.25) is 0 Å². The number of hydrogen-bond acceptors (Lipinski definition) is 2. The van der Waals surface area contributed by atoms with Crippen molar-refractivity contribution in [1.29, 1.82) is 0 Å². The minimum atomic E-state index is -0.0925. The van der Waals surface area contributed by atoms with Gasteiger partial charge in [0.1, 0.15) is 5.82 Å². The molecule has 0 radical (unpaired) electrons. The van der Waals surface area contributed by atoms with Crippen molar-refractivity contribution in [3.8, 4) is 11.3 Å². The Morgan fingerprint density at radius 3 is 2.59 bits per heavy atom. The van der Waals surface area contributed by atoms with Crippen LogP contribution in [0, 0.1) is 13.8 Å². The molecular weight excluding hydrogens is 212 g/mol. The van der Waals surface area contributed by atoms with E-state index in [1.54, 1.807) is 6.07 Å². The Morgan fingerprint density at radius 2 is 1.94 bits per heavy atom. The van der Waals surface area contributed by atoms with Gasteiger partial charge in [0.25, 0.3) is 5.56 Å². The van der Waals surface area contributed by atoms with Gasteiger partial charge in [-0.25, -0.2) is 4.98 Å². The maximum atomic E-state index is 11.5. The standard InChI is InChI=1S/C14H16N2O/c1-4-13-15-12(8-14(17)16-13)11-6-5-9(2)10(3)7-11/h5-8H,4H2,1-3H3,(H,15,16,17). The van der Waals surface area contributed by atoms with Gasteiger partial charge in [0, 0.05) is 18.1 Å². The fourth-order valence-electron chi connectivity index (χ4n) is 1.72. The predicted molar refractivity (Wildman–Crippen MR) is 69.1 cm³/mol. The lowest BCUT2D eigenvalue weighted by Gasteiger charge is -2.05. The van der Waals surface area contributed by atoms with E-state index in [0.717, 1.165) is 23.5 Å². The van der Waals surface area contributed by atoms with Crippen molar-refractivity contribution in [2.75, 3.05) is 0 Å². The average molecular weight is 228 g/mol. The van der Waals surface area contributed by atoms with Crippen molar-refractivity contribution in [2.24, 2.45) is 0 Å². The third-order valence-electron chi connectivity index (χ3n) is 2.93. The molecular formula is C14H16N2O. The number of benzene rings is 1. The van der Waals surface area contributed by atoms with Crippen molar-refractivity contribution < 1.29 is 0 Å². The summed E-state index contributed by atoms with van der Waals surface area (Å²) in [6, 6.07) is 7.67. The van der Waals surface area contributed by atoms with Crippen LogP contribution in [0.3, 0.4) is 0 Å². The van der Waals surface area contributed by atoms with Gasteiger partial charge < -0.3 is 4.98 Å². The molecule has 0 unspecified atom stereocenters. The normalized spacial score (nSPS) is 10.5. The van der Waals surface area contributed by atoms with Crippen LogP contribution in [-0.4, -0.2) is 9.97 Å². The first-order chi connectivity index (χ1) is 8.10. The molecule has 0 atom stereocenters. The van der Waals surface area contributed by atoms with Crippen LogP contribution in [0.5, 0.6) is 0 Å². The van der Waals surface area contributed by atoms with Crippen LogP contribution in [-0.2, 0) is 6.42 Å². The van der Waals surface area contributed by atoms with Gasteiger partial charge in [-0.05, 0) is 31.0 Å². The minimum Gasteiger partial charge on any atom is -0.311 e. The second-order valence-electron chi connectivity index (χ2n) is 4.23. The Kier molecular flexibility index (Phi) is 3.09. The second-order valence-corrected chi connectivity index (χ2v) is 4.23. The second kappa shape index (κ2) is 4.53. The summed E-state index contributed by atoms with van der Waals surface area (Å²) in [5.74, 6) is 0.728. The summed E-state index contributed by atoms with van der Waals surface area (Å²) in [7, 11) is 0. The molecule has 0 saturated heterocycles. The fourth-order valence-corrected chi connectivity index (χ4v) is 1.72. The molecule has 17 heavy (non-hydrogen) atoms. The van der Waals surface area contributed by atoms with Gasteiger partial charge in [-0.15, -0.1) is 0 Å². The zero-order valence-electron chi connectivity index (χ0n) is 10.4. The quantitative estimate of drug-likeness (QED) is 0.858. The molecule has 0 amide bonds. The maximum absolute atomic E-state index is 11.5. The molecule has 88 valence electrons. The molecule has 0 bridgehead atoms. The highest BCUT2D eigenvalue weighted by Crippen LogP contribution is 2.19. The van der Waals surface area contributed by atoms with E-state index < -0.39 is 0 Å². The fraction of sp³-hybridized carbons (Fsp3) is 0.286. The van der Waals surface area contributed by atoms with Crippen molar-refractivity contribution in [3.05, 3.63) is 51.6 Å². The number of rotatable bonds is 2. The van der Waals surface area contributed by atoms with Crippen LogP contribution >= 0.6 is 0 Å². The van der Waals surface area contributed by atoms with E-state index in [9.17, 15) is 4.79 Å². The topological polar surface area (TPSA) is 45.8 Å². The number of aromatic nitrogens is 2. The summed E-state index contributed by atoms with van der Waals surface area (Å²) < 4.78 is 0. The molecule has 1 N–H and O–H groups in total. The zero-order valence-corrected chi connectivity index (χ0v) is 10.4. The molecule has 2 rings (SSSR count). The third-order valence-corrected chi connectivity index (χ3v) is 2.93. The molecule has 0 fully saturated rings. The molecule has 0 aliphatic rings. The average Bonchev–Trinajstić information content (AvgIpc) is 2.32. The first kappa shape index (κ1) is 11.6. The van der Waals surface area contributed by atoms with Gasteiger partial charge in [0.15, 0.2) is 0 Å². The molecule has 1 aromatic heterocycles. The van der Waals surface area contributed by atoms with E-state index in [2.05, 4.69) is 35.9 Å². The summed E-state index contributed by atoms with van der Waals surface area (Å²) in [5.41, 5.74) is 4.10. The summed E-state index contributed by atoms with van der Waals surface area (Å²) in [6.45, 7) is 6.11. The van der Waals surface area contributed by atoms with Crippen molar-refractivity contribution in [1.82, 2.24) is 9.97 Å². The van der Waals surface area contributed by atoms with Gasteiger partial charge in [-0.1, -0.05) is 19.1 Å². The number of aromatic amines is 1. The van der Waals surface area contributed by atoms with Crippen LogP contribution in [0.25, 0.3) is 11.3 Å². The first-order valence-electron chi connectivity index (χ1n) is 5.78. The highest BCUT2D eigenvalue weighted by molar-refractivity contribution is 5.60. The van der Waals surface area contributed by atoms with Gasteiger partial charge in [0.05, 0.1) is 5.69 Å². The molecule has 0 aliphatic carbocycles. The van der Waals surface area contributed by atoms with E-state index >= 15 is 0 Å². The Hall–Kier alpha value is -1.90. The Labute approximate surface area is 101 Å². The van der Waals surface area contributed by atoms with Gasteiger partial charge >= 0.3 is 0 Å². The van der Waals surface area contributed by atoms with Crippen LogP contribution in [0.4, 0.5) is 0 Å². The SMILES string of the molecule is CCc1nc(-c2ccc(C)c(C)c2)cc(=O)[nH]1. The molecule has 0 saturated carbocycles. The molecule has 0 aliphatic heterocycles. The largest absolute Gasteiger partial charge is 0.311 e. The summed E-state index contributed by atoms with van der Waals surface area (Å²) in [4.78, 5) is 18.7. The number of nitrogens with one attached hydrogen (secondary N) is 1. The Balaban J connectivity index is 2.55. The molecule has 1 aromatic carbocycles. The summed E-state index contributed by atoms with van der Waals surface area (Å²) >= 11 is 0. The monoisotopic (exact) mass is 228 g/mol. The smallest absolute Gasteiger partial charge is 0.251 e. The van der Waals surface area contributed by atoms with Crippen LogP contribution in [0.1, 0.15) is 23.9 Å². The highest BCUT2D eigenvalue weighted by atomic mass is 16.1. The van der Waals surface area contributed by atoms with E-state index in [1.165, 1.54) is 11.1 Å². The van der Waals surface area contributed by atoms with Gasteiger partial charge in [-0.3, -0.25) is 4.79 Å². The summed E-state index contributed by atoms with van der Waals surface area (Å²) in [5, 5.41) is 0. The third kappa shape index (κ3) is 2.44. The van der Waals surface area contributed by atoms with E-state index in [4.69, 9.17) is 0 Å². The maximum Gasteiger partial charge on any atom is 0.251 e. The number of H-pyrrole nitrogens is 1. The van der Waals surface area contributed by atoms with Gasteiger partial charge in [0.2, 0.25) is 0 Å². The van der Waals surface area contributed by atoms with Gasteiger partial charge in [-0.2, -0.15) is 0 Å². The zero-order chi connectivity index (χ0) is 12.4. The number of hydrogen-bond donors (Lipinski definition) is 1. The van der Waals surface area contributed by atoms with E-state index in [-0.39, 0.29) is 5.56 Å². The predicted octanol–water partition coefficient (Wildman–Crippen LogP) is 2.62. The lowest BCUT2D eigenvalue weighted by atomic mass is 10.0. The first-order valence-corrected chi connectivity index (χ1v) is 5.78. The molecule has 1 heterocycles. The van der Waals surface area contributed by atoms with E-state index in [0.29, 0.717) is 0 Å². The highest BCUT2D eigenvalue weighted by Gasteiger charge is 2.04. The Morgan fingerprint density at radius 1 is 1.18 bits per heavy atom. The molecule has 0 spiro atoms.